The van der Waals surface area contributed by atoms with E-state index in [2.05, 4.69) is 27.4 Å². The van der Waals surface area contributed by atoms with Gasteiger partial charge in [-0.15, -0.1) is 0 Å². The van der Waals surface area contributed by atoms with Gasteiger partial charge >= 0.3 is 6.18 Å². The molecular formula is C29H34F3N5OS. The van der Waals surface area contributed by atoms with E-state index < -0.39 is 12.7 Å². The van der Waals surface area contributed by atoms with Crippen LogP contribution in [0.3, 0.4) is 0 Å². The van der Waals surface area contributed by atoms with Crippen LogP contribution in [0.2, 0.25) is 0 Å². The summed E-state index contributed by atoms with van der Waals surface area (Å²) >= 11 is 1.17. The highest BCUT2D eigenvalue weighted by molar-refractivity contribution is 7.97. The van der Waals surface area contributed by atoms with Gasteiger partial charge in [0.25, 0.3) is 0 Å². The van der Waals surface area contributed by atoms with Crippen molar-refractivity contribution in [3.8, 4) is 11.8 Å². The second kappa shape index (κ2) is 12.6. The van der Waals surface area contributed by atoms with Crippen molar-refractivity contribution in [1.82, 2.24) is 9.47 Å². The monoisotopic (exact) mass is 557 g/mol. The molecule has 2 aliphatic rings. The van der Waals surface area contributed by atoms with Crippen molar-refractivity contribution < 1.29 is 17.9 Å². The van der Waals surface area contributed by atoms with Crippen molar-refractivity contribution in [2.24, 2.45) is 5.14 Å². The summed E-state index contributed by atoms with van der Waals surface area (Å²) in [6.07, 6.45) is -0.0684. The lowest BCUT2D eigenvalue weighted by molar-refractivity contribution is -0.140. The standard InChI is InChI=1S/C29H34F3N5OS/c30-29(31,32)20-37-24(3-2-14-34-21-8-12-25(39-33)13-9-21)19-26-27(4-1-5-28(26)37)35-22-6-10-23(11-7-22)36-15-17-38-18-16-36/h1,4-5,8-9,12-13,19,22-23,34-35H,6-7,10-11,14-18,20,33H2. The number of hydrogen-bond acceptors (Lipinski definition) is 6. The van der Waals surface area contributed by atoms with Crippen LogP contribution >= 0.6 is 11.9 Å². The van der Waals surface area contributed by atoms with E-state index in [4.69, 9.17) is 9.88 Å². The molecule has 0 unspecified atom stereocenters. The van der Waals surface area contributed by atoms with Crippen LogP contribution in [-0.2, 0) is 11.3 Å². The first-order valence-corrected chi connectivity index (χ1v) is 14.2. The fourth-order valence-corrected chi connectivity index (χ4v) is 5.84. The Morgan fingerprint density at radius 1 is 1.03 bits per heavy atom. The highest BCUT2D eigenvalue weighted by atomic mass is 32.2. The zero-order valence-electron chi connectivity index (χ0n) is 21.8. The Labute approximate surface area is 231 Å². The van der Waals surface area contributed by atoms with Crippen molar-refractivity contribution >= 4 is 34.2 Å². The minimum atomic E-state index is -4.36. The third-order valence-corrected chi connectivity index (χ3v) is 8.03. The Hall–Kier alpha value is -2.84. The SMILES string of the molecule is NSc1ccc(NCC#Cc2cc3c(NC4CCC(N5CCOCC5)CC4)cccc3n2CC(F)(F)F)cc1. The highest BCUT2D eigenvalue weighted by Crippen LogP contribution is 2.33. The van der Waals surface area contributed by atoms with Gasteiger partial charge in [-0.05, 0) is 86.0 Å². The third kappa shape index (κ3) is 7.22. The smallest absolute Gasteiger partial charge is 0.382 e. The van der Waals surface area contributed by atoms with Crippen LogP contribution in [0.4, 0.5) is 24.5 Å². The first kappa shape index (κ1) is 27.7. The summed E-state index contributed by atoms with van der Waals surface area (Å²) in [7, 11) is 0. The number of ether oxygens (including phenoxy) is 1. The molecule has 0 amide bonds. The molecular weight excluding hydrogens is 523 g/mol. The number of aromatic nitrogens is 1. The predicted molar refractivity (Wildman–Crippen MR) is 152 cm³/mol. The third-order valence-electron chi connectivity index (χ3n) is 7.49. The van der Waals surface area contributed by atoms with Gasteiger partial charge < -0.3 is 19.9 Å². The Morgan fingerprint density at radius 2 is 1.77 bits per heavy atom. The molecule has 208 valence electrons. The molecule has 39 heavy (non-hydrogen) atoms. The van der Waals surface area contributed by atoms with Gasteiger partial charge in [-0.25, -0.2) is 0 Å². The van der Waals surface area contributed by atoms with E-state index in [1.165, 1.54) is 16.5 Å². The van der Waals surface area contributed by atoms with Gasteiger partial charge in [0.15, 0.2) is 0 Å². The lowest BCUT2D eigenvalue weighted by atomic mass is 9.89. The van der Waals surface area contributed by atoms with E-state index in [0.29, 0.717) is 29.8 Å². The maximum atomic E-state index is 13.5. The lowest BCUT2D eigenvalue weighted by Gasteiger charge is -2.39. The number of morpholine rings is 1. The van der Waals surface area contributed by atoms with E-state index in [-0.39, 0.29) is 0 Å². The van der Waals surface area contributed by atoms with Crippen molar-refractivity contribution in [3.63, 3.8) is 0 Å². The number of nitrogens with zero attached hydrogens (tertiary/aromatic N) is 2. The fourth-order valence-electron chi connectivity index (χ4n) is 5.54. The summed E-state index contributed by atoms with van der Waals surface area (Å²) in [6.45, 7) is 2.82. The number of halogens is 3. The van der Waals surface area contributed by atoms with Crippen molar-refractivity contribution in [2.75, 3.05) is 43.5 Å². The molecule has 6 nitrogen and oxygen atoms in total. The van der Waals surface area contributed by atoms with Gasteiger partial charge in [-0.2, -0.15) is 13.2 Å². The van der Waals surface area contributed by atoms with Crippen LogP contribution in [0, 0.1) is 11.8 Å². The van der Waals surface area contributed by atoms with Crippen LogP contribution in [0.1, 0.15) is 31.4 Å². The Balaban J connectivity index is 1.30. The molecule has 4 N–H and O–H groups in total. The molecule has 0 spiro atoms. The molecule has 1 saturated carbocycles. The molecule has 10 heteroatoms. The topological polar surface area (TPSA) is 67.5 Å². The van der Waals surface area contributed by atoms with Crippen molar-refractivity contribution in [2.45, 2.75) is 55.4 Å². The zero-order chi connectivity index (χ0) is 27.2. The number of nitrogens with one attached hydrogen (secondary N) is 2. The van der Waals surface area contributed by atoms with E-state index >= 15 is 0 Å². The van der Waals surface area contributed by atoms with E-state index in [0.717, 1.165) is 73.6 Å². The number of fused-ring (bicyclic) bond motifs is 1. The van der Waals surface area contributed by atoms with Crippen LogP contribution < -0.4 is 15.8 Å². The van der Waals surface area contributed by atoms with E-state index in [1.54, 1.807) is 12.1 Å². The Morgan fingerprint density at radius 3 is 2.46 bits per heavy atom. The molecule has 2 aromatic carbocycles. The Kier molecular flexibility index (Phi) is 8.92. The molecule has 3 aromatic rings. The predicted octanol–water partition coefficient (Wildman–Crippen LogP) is 5.69. The molecule has 2 fully saturated rings. The molecule has 1 aliphatic heterocycles. The minimum absolute atomic E-state index is 0.293. The maximum absolute atomic E-state index is 13.5. The van der Waals surface area contributed by atoms with Gasteiger partial charge in [-0.3, -0.25) is 10.0 Å². The Bertz CT molecular complexity index is 1300. The molecule has 0 atom stereocenters. The van der Waals surface area contributed by atoms with Gasteiger partial charge in [0.2, 0.25) is 0 Å². The molecule has 1 aromatic heterocycles. The minimum Gasteiger partial charge on any atom is -0.382 e. The molecule has 1 saturated heterocycles. The number of rotatable bonds is 7. The quantitative estimate of drug-likeness (QED) is 0.256. The number of anilines is 2. The first-order chi connectivity index (χ1) is 18.9. The van der Waals surface area contributed by atoms with Crippen molar-refractivity contribution in [3.05, 3.63) is 54.2 Å². The molecule has 1 aliphatic carbocycles. The van der Waals surface area contributed by atoms with Gasteiger partial charge in [0.1, 0.15) is 6.54 Å². The second-order valence-electron chi connectivity index (χ2n) is 10.1. The van der Waals surface area contributed by atoms with Crippen molar-refractivity contribution in [1.29, 1.82) is 0 Å². The van der Waals surface area contributed by atoms with Crippen LogP contribution in [-0.4, -0.2) is 60.6 Å². The average molecular weight is 558 g/mol. The lowest BCUT2D eigenvalue weighted by Crippen LogP contribution is -2.46. The maximum Gasteiger partial charge on any atom is 0.406 e. The van der Waals surface area contributed by atoms with Crippen LogP contribution in [0.5, 0.6) is 0 Å². The first-order valence-electron chi connectivity index (χ1n) is 13.4. The summed E-state index contributed by atoms with van der Waals surface area (Å²) in [6, 6.07) is 15.7. The van der Waals surface area contributed by atoms with Gasteiger partial charge in [0, 0.05) is 46.8 Å². The average Bonchev–Trinajstić information content (AvgIpc) is 3.29. The van der Waals surface area contributed by atoms with E-state index in [9.17, 15) is 13.2 Å². The summed E-state index contributed by atoms with van der Waals surface area (Å²) in [5.74, 6) is 5.96. The highest BCUT2D eigenvalue weighted by Gasteiger charge is 2.30. The molecule has 5 rings (SSSR count). The number of benzene rings is 2. The normalized spacial score (nSPS) is 20.4. The largest absolute Gasteiger partial charge is 0.406 e. The summed E-state index contributed by atoms with van der Waals surface area (Å²) in [5, 5.41) is 13.1. The number of alkyl halides is 3. The molecule has 0 radical (unpaired) electrons. The number of nitrogens with two attached hydrogens (primary N) is 1. The van der Waals surface area contributed by atoms with Crippen LogP contribution in [0.15, 0.2) is 53.4 Å². The molecule has 0 bridgehead atoms. The fraction of sp³-hybridized carbons (Fsp3) is 0.448. The number of hydrogen-bond donors (Lipinski definition) is 3. The van der Waals surface area contributed by atoms with Crippen LogP contribution in [0.25, 0.3) is 10.9 Å². The van der Waals surface area contributed by atoms with Gasteiger partial charge in [-0.1, -0.05) is 12.0 Å². The summed E-state index contributed by atoms with van der Waals surface area (Å²) in [5.41, 5.74) is 2.62. The van der Waals surface area contributed by atoms with Gasteiger partial charge in [0.05, 0.1) is 31.0 Å². The zero-order valence-corrected chi connectivity index (χ0v) is 22.6. The summed E-state index contributed by atoms with van der Waals surface area (Å²) in [4.78, 5) is 3.48. The van der Waals surface area contributed by atoms with E-state index in [1.807, 2.05) is 36.4 Å². The second-order valence-corrected chi connectivity index (χ2v) is 10.8. The summed E-state index contributed by atoms with van der Waals surface area (Å²) < 4.78 is 47.4. The molecule has 2 heterocycles.